The fourth-order valence-corrected chi connectivity index (χ4v) is 1.49. The molecule has 0 spiro atoms. The van der Waals surface area contributed by atoms with Crippen molar-refractivity contribution >= 4 is 5.91 Å². The van der Waals surface area contributed by atoms with Crippen LogP contribution in [0.15, 0.2) is 18.3 Å². The van der Waals surface area contributed by atoms with Crippen LogP contribution in [0.5, 0.6) is 0 Å². The van der Waals surface area contributed by atoms with Gasteiger partial charge >= 0.3 is 0 Å². The summed E-state index contributed by atoms with van der Waals surface area (Å²) in [6, 6.07) is 3.75. The van der Waals surface area contributed by atoms with Crippen molar-refractivity contribution in [3.8, 4) is 0 Å². The molecule has 1 aromatic rings. The van der Waals surface area contributed by atoms with Gasteiger partial charge in [0, 0.05) is 31.6 Å². The van der Waals surface area contributed by atoms with E-state index in [4.69, 9.17) is 10.5 Å². The summed E-state index contributed by atoms with van der Waals surface area (Å²) in [6.45, 7) is 3.25. The Bertz CT molecular complexity index is 334. The number of rotatable bonds is 6. The van der Waals surface area contributed by atoms with Crippen molar-refractivity contribution in [1.29, 1.82) is 0 Å². The fraction of sp³-hybridized carbons (Fsp3) is 0.545. The molecule has 3 N–H and O–H groups in total. The fourth-order valence-electron chi connectivity index (χ4n) is 1.49. The number of hydrogen-bond acceptors (Lipinski definition) is 3. The molecule has 1 rings (SSSR count). The predicted molar refractivity (Wildman–Crippen MR) is 61.9 cm³/mol. The molecule has 0 saturated heterocycles. The highest BCUT2D eigenvalue weighted by Crippen LogP contribution is 2.09. The van der Waals surface area contributed by atoms with Crippen molar-refractivity contribution < 1.29 is 9.53 Å². The van der Waals surface area contributed by atoms with Gasteiger partial charge in [-0.25, -0.2) is 0 Å². The highest BCUT2D eigenvalue weighted by molar-refractivity contribution is 5.75. The van der Waals surface area contributed by atoms with Crippen LogP contribution in [0.2, 0.25) is 0 Å². The van der Waals surface area contributed by atoms with Gasteiger partial charge in [-0.1, -0.05) is 0 Å². The molecule has 0 saturated carbocycles. The van der Waals surface area contributed by atoms with Gasteiger partial charge in [-0.3, -0.25) is 4.79 Å². The van der Waals surface area contributed by atoms with Crippen molar-refractivity contribution in [3.63, 3.8) is 0 Å². The number of methoxy groups -OCH3 is 1. The third kappa shape index (κ3) is 3.67. The maximum Gasteiger partial charge on any atom is 0.240 e. The van der Waals surface area contributed by atoms with Crippen LogP contribution in [0.25, 0.3) is 0 Å². The summed E-state index contributed by atoms with van der Waals surface area (Å²) in [4.78, 5) is 11.5. The van der Waals surface area contributed by atoms with Crippen LogP contribution in [0.1, 0.15) is 18.7 Å². The van der Waals surface area contributed by atoms with E-state index in [-0.39, 0.29) is 11.9 Å². The first-order chi connectivity index (χ1) is 7.65. The lowest BCUT2D eigenvalue weighted by molar-refractivity contribution is -0.121. The third-order valence-electron chi connectivity index (χ3n) is 2.27. The molecule has 0 aromatic carbocycles. The Morgan fingerprint density at radius 3 is 3.06 bits per heavy atom. The first-order valence-electron chi connectivity index (χ1n) is 5.31. The molecule has 1 atom stereocenters. The summed E-state index contributed by atoms with van der Waals surface area (Å²) in [5.41, 5.74) is 6.74. The van der Waals surface area contributed by atoms with Crippen molar-refractivity contribution in [2.75, 3.05) is 20.3 Å². The lowest BCUT2D eigenvalue weighted by Crippen LogP contribution is -2.31. The number of nitrogens with two attached hydrogens (primary N) is 1. The number of nitrogens with one attached hydrogen (secondary N) is 1. The summed E-state index contributed by atoms with van der Waals surface area (Å²) in [5.74, 6) is -0.0323. The van der Waals surface area contributed by atoms with Crippen molar-refractivity contribution in [1.82, 2.24) is 9.88 Å². The highest BCUT2D eigenvalue weighted by Gasteiger charge is 2.08. The Kier molecular flexibility index (Phi) is 5.01. The van der Waals surface area contributed by atoms with E-state index in [9.17, 15) is 4.79 Å². The van der Waals surface area contributed by atoms with Gasteiger partial charge in [0.25, 0.3) is 0 Å². The molecule has 0 bridgehead atoms. The standard InChI is InChI=1S/C11H19N3O2/c1-9(12)10-4-3-6-14(10)8-11(15)13-5-7-16-2/h3-4,6,9H,5,7-8,12H2,1-2H3,(H,13,15). The second-order valence-corrected chi connectivity index (χ2v) is 3.69. The molecule has 5 nitrogen and oxygen atoms in total. The summed E-state index contributed by atoms with van der Waals surface area (Å²) >= 11 is 0. The average molecular weight is 225 g/mol. The van der Waals surface area contributed by atoms with Gasteiger partial charge in [0.05, 0.1) is 6.61 Å². The van der Waals surface area contributed by atoms with Crippen LogP contribution >= 0.6 is 0 Å². The lowest BCUT2D eigenvalue weighted by atomic mass is 10.2. The second-order valence-electron chi connectivity index (χ2n) is 3.69. The Morgan fingerprint density at radius 1 is 1.69 bits per heavy atom. The molecule has 0 aliphatic carbocycles. The molecule has 1 aromatic heterocycles. The van der Waals surface area contributed by atoms with Crippen molar-refractivity contribution in [3.05, 3.63) is 24.0 Å². The number of aromatic nitrogens is 1. The number of carbonyl (C=O) groups is 1. The van der Waals surface area contributed by atoms with E-state index >= 15 is 0 Å². The number of hydrogen-bond donors (Lipinski definition) is 2. The quantitative estimate of drug-likeness (QED) is 0.683. The molecule has 1 heterocycles. The average Bonchev–Trinajstić information content (AvgIpc) is 2.66. The van der Waals surface area contributed by atoms with Gasteiger partial charge in [-0.2, -0.15) is 0 Å². The van der Waals surface area contributed by atoms with Crippen LogP contribution in [0.3, 0.4) is 0 Å². The lowest BCUT2D eigenvalue weighted by Gasteiger charge is -2.11. The van der Waals surface area contributed by atoms with Gasteiger partial charge in [-0.15, -0.1) is 0 Å². The third-order valence-corrected chi connectivity index (χ3v) is 2.27. The van der Waals surface area contributed by atoms with Gasteiger partial charge < -0.3 is 20.4 Å². The first kappa shape index (κ1) is 12.7. The zero-order valence-corrected chi connectivity index (χ0v) is 9.77. The summed E-state index contributed by atoms with van der Waals surface area (Å²) < 4.78 is 6.70. The summed E-state index contributed by atoms with van der Waals surface area (Å²) in [7, 11) is 1.60. The maximum absolute atomic E-state index is 11.5. The van der Waals surface area contributed by atoms with Gasteiger partial charge in [0.15, 0.2) is 0 Å². The first-order valence-corrected chi connectivity index (χ1v) is 5.31. The molecular formula is C11H19N3O2. The monoisotopic (exact) mass is 225 g/mol. The zero-order valence-electron chi connectivity index (χ0n) is 9.77. The van der Waals surface area contributed by atoms with E-state index in [0.717, 1.165) is 5.69 Å². The van der Waals surface area contributed by atoms with E-state index in [1.165, 1.54) is 0 Å². The van der Waals surface area contributed by atoms with Crippen LogP contribution in [0.4, 0.5) is 0 Å². The van der Waals surface area contributed by atoms with Crippen molar-refractivity contribution in [2.24, 2.45) is 5.73 Å². The zero-order chi connectivity index (χ0) is 12.0. The summed E-state index contributed by atoms with van der Waals surface area (Å²) in [6.07, 6.45) is 1.86. The number of amides is 1. The molecule has 5 heteroatoms. The molecule has 0 fully saturated rings. The molecule has 1 unspecified atom stereocenters. The Labute approximate surface area is 95.6 Å². The van der Waals surface area contributed by atoms with E-state index < -0.39 is 0 Å². The molecule has 1 amide bonds. The molecule has 0 aliphatic heterocycles. The van der Waals surface area contributed by atoms with E-state index in [1.807, 2.05) is 29.8 Å². The Hall–Kier alpha value is -1.33. The number of nitrogens with zero attached hydrogens (tertiary/aromatic N) is 1. The van der Waals surface area contributed by atoms with Crippen LogP contribution < -0.4 is 11.1 Å². The molecule has 0 radical (unpaired) electrons. The van der Waals surface area contributed by atoms with Crippen LogP contribution in [-0.4, -0.2) is 30.7 Å². The molecule has 90 valence electrons. The van der Waals surface area contributed by atoms with Crippen LogP contribution in [-0.2, 0) is 16.1 Å². The van der Waals surface area contributed by atoms with Crippen molar-refractivity contribution in [2.45, 2.75) is 19.5 Å². The van der Waals surface area contributed by atoms with Gasteiger partial charge in [-0.05, 0) is 19.1 Å². The highest BCUT2D eigenvalue weighted by atomic mass is 16.5. The minimum absolute atomic E-state index is 0.0323. The minimum atomic E-state index is -0.0678. The van der Waals surface area contributed by atoms with Gasteiger partial charge in [0.1, 0.15) is 6.54 Å². The normalized spacial score (nSPS) is 12.4. The topological polar surface area (TPSA) is 69.3 Å². The number of carbonyl (C=O) groups excluding carboxylic acids is 1. The second kappa shape index (κ2) is 6.30. The van der Waals surface area contributed by atoms with E-state index in [2.05, 4.69) is 5.32 Å². The largest absolute Gasteiger partial charge is 0.383 e. The van der Waals surface area contributed by atoms with E-state index in [0.29, 0.717) is 19.7 Å². The van der Waals surface area contributed by atoms with Crippen LogP contribution in [0, 0.1) is 0 Å². The SMILES string of the molecule is COCCNC(=O)Cn1cccc1C(C)N. The molecule has 0 aliphatic rings. The smallest absolute Gasteiger partial charge is 0.240 e. The number of ether oxygens (including phenoxy) is 1. The minimum Gasteiger partial charge on any atom is -0.383 e. The predicted octanol–water partition coefficient (Wildman–Crippen LogP) is 0.270. The van der Waals surface area contributed by atoms with E-state index in [1.54, 1.807) is 7.11 Å². The Morgan fingerprint density at radius 2 is 2.44 bits per heavy atom. The maximum atomic E-state index is 11.5. The molecule has 16 heavy (non-hydrogen) atoms. The summed E-state index contributed by atoms with van der Waals surface area (Å²) in [5, 5.41) is 2.76. The molecular weight excluding hydrogens is 206 g/mol. The van der Waals surface area contributed by atoms with Gasteiger partial charge in [0.2, 0.25) is 5.91 Å². The Balaban J connectivity index is 2.46.